The smallest absolute Gasteiger partial charge is 0.191 e. The fourth-order valence-corrected chi connectivity index (χ4v) is 3.75. The molecule has 0 atom stereocenters. The maximum absolute atomic E-state index is 4.49. The molecule has 2 aromatic heterocycles. The number of guanidine groups is 1. The second-order valence-corrected chi connectivity index (χ2v) is 7.52. The number of hydrogen-bond acceptors (Lipinski definition) is 4. The molecule has 2 aromatic rings. The number of hydrogen-bond donors (Lipinski definition) is 2. The van der Waals surface area contributed by atoms with Gasteiger partial charge in [0.15, 0.2) is 5.96 Å². The highest BCUT2D eigenvalue weighted by atomic mass is 127. The Bertz CT molecular complexity index is 607. The fourth-order valence-electron chi connectivity index (χ4n) is 2.10. The summed E-state index contributed by atoms with van der Waals surface area (Å²) in [5.41, 5.74) is 1.13. The average molecular weight is 464 g/mol. The molecule has 0 unspecified atom stereocenters. The monoisotopic (exact) mass is 464 g/mol. The van der Waals surface area contributed by atoms with E-state index in [0.717, 1.165) is 44.0 Å². The summed E-state index contributed by atoms with van der Waals surface area (Å²) >= 11 is 3.58. The van der Waals surface area contributed by atoms with Crippen LogP contribution in [0.3, 0.4) is 0 Å². The molecule has 2 heterocycles. The van der Waals surface area contributed by atoms with Crippen molar-refractivity contribution in [2.24, 2.45) is 4.99 Å². The van der Waals surface area contributed by atoms with Gasteiger partial charge in [0.2, 0.25) is 0 Å². The van der Waals surface area contributed by atoms with Crippen molar-refractivity contribution >= 4 is 52.6 Å². The summed E-state index contributed by atoms with van der Waals surface area (Å²) in [6.07, 6.45) is 3.35. The van der Waals surface area contributed by atoms with E-state index in [-0.39, 0.29) is 24.0 Å². The van der Waals surface area contributed by atoms with E-state index in [9.17, 15) is 0 Å². The number of unbranched alkanes of at least 4 members (excludes halogenated alkanes) is 1. The Labute approximate surface area is 163 Å². The van der Waals surface area contributed by atoms with E-state index < -0.39 is 0 Å². The molecule has 2 N–H and O–H groups in total. The van der Waals surface area contributed by atoms with Crippen molar-refractivity contribution in [3.63, 3.8) is 0 Å². The lowest BCUT2D eigenvalue weighted by molar-refractivity contribution is 0.692. The SMILES string of the molecule is CN=C(NCCCCc1nc(C)cs1)NCc1ccc(C)s1.I. The number of aromatic nitrogens is 1. The lowest BCUT2D eigenvalue weighted by atomic mass is 10.2. The molecule has 2 rings (SSSR count). The van der Waals surface area contributed by atoms with Crippen molar-refractivity contribution in [3.8, 4) is 0 Å². The molecule has 7 heteroatoms. The molecular formula is C16H25IN4S2. The van der Waals surface area contributed by atoms with Crippen LogP contribution in [0.5, 0.6) is 0 Å². The highest BCUT2D eigenvalue weighted by Gasteiger charge is 2.01. The normalized spacial score (nSPS) is 11.2. The van der Waals surface area contributed by atoms with E-state index in [4.69, 9.17) is 0 Å². The first-order chi connectivity index (χ1) is 10.7. The van der Waals surface area contributed by atoms with Crippen LogP contribution in [0, 0.1) is 13.8 Å². The number of aryl methyl sites for hydroxylation is 3. The van der Waals surface area contributed by atoms with E-state index in [1.807, 2.05) is 25.3 Å². The number of nitrogens with one attached hydrogen (secondary N) is 2. The van der Waals surface area contributed by atoms with Gasteiger partial charge in [0, 0.05) is 34.4 Å². The van der Waals surface area contributed by atoms with Gasteiger partial charge >= 0.3 is 0 Å². The molecule has 0 saturated heterocycles. The largest absolute Gasteiger partial charge is 0.356 e. The molecule has 0 saturated carbocycles. The van der Waals surface area contributed by atoms with E-state index in [2.05, 4.69) is 45.0 Å². The maximum Gasteiger partial charge on any atom is 0.191 e. The van der Waals surface area contributed by atoms with Gasteiger partial charge in [-0.15, -0.1) is 46.7 Å². The van der Waals surface area contributed by atoms with E-state index >= 15 is 0 Å². The van der Waals surface area contributed by atoms with Crippen LogP contribution in [0.25, 0.3) is 0 Å². The van der Waals surface area contributed by atoms with Gasteiger partial charge in [-0.05, 0) is 45.2 Å². The number of thiophene rings is 1. The summed E-state index contributed by atoms with van der Waals surface area (Å²) in [5.74, 6) is 0.871. The molecule has 128 valence electrons. The van der Waals surface area contributed by atoms with Crippen molar-refractivity contribution in [1.29, 1.82) is 0 Å². The van der Waals surface area contributed by atoms with Gasteiger partial charge < -0.3 is 10.6 Å². The molecule has 0 bridgehead atoms. The molecule has 0 aromatic carbocycles. The van der Waals surface area contributed by atoms with Gasteiger partial charge in [-0.2, -0.15) is 0 Å². The molecule has 0 aliphatic carbocycles. The zero-order valence-electron chi connectivity index (χ0n) is 13.9. The van der Waals surface area contributed by atoms with Crippen LogP contribution in [0.4, 0.5) is 0 Å². The Kier molecular flexibility index (Phi) is 9.73. The predicted molar refractivity (Wildman–Crippen MR) is 112 cm³/mol. The Morgan fingerprint density at radius 3 is 2.65 bits per heavy atom. The minimum atomic E-state index is 0. The quantitative estimate of drug-likeness (QED) is 0.281. The Balaban J connectivity index is 0.00000264. The molecule has 0 aliphatic heterocycles. The van der Waals surface area contributed by atoms with Gasteiger partial charge in [0.1, 0.15) is 0 Å². The van der Waals surface area contributed by atoms with Crippen molar-refractivity contribution in [2.45, 2.75) is 39.7 Å². The van der Waals surface area contributed by atoms with E-state index in [1.165, 1.54) is 14.8 Å². The molecule has 4 nitrogen and oxygen atoms in total. The van der Waals surface area contributed by atoms with Gasteiger partial charge in [-0.3, -0.25) is 4.99 Å². The zero-order chi connectivity index (χ0) is 15.8. The molecule has 0 fully saturated rings. The van der Waals surface area contributed by atoms with Gasteiger partial charge in [-0.25, -0.2) is 4.98 Å². The average Bonchev–Trinajstić information content (AvgIpc) is 3.10. The fraction of sp³-hybridized carbons (Fsp3) is 0.500. The summed E-state index contributed by atoms with van der Waals surface area (Å²) in [5, 5.41) is 10.1. The van der Waals surface area contributed by atoms with Crippen LogP contribution in [0.2, 0.25) is 0 Å². The second kappa shape index (κ2) is 11.0. The maximum atomic E-state index is 4.49. The number of nitrogens with zero attached hydrogens (tertiary/aromatic N) is 2. The van der Waals surface area contributed by atoms with Crippen molar-refractivity contribution in [1.82, 2.24) is 15.6 Å². The Morgan fingerprint density at radius 2 is 2.04 bits per heavy atom. The molecule has 0 spiro atoms. The predicted octanol–water partition coefficient (Wildman–Crippen LogP) is 4.13. The lowest BCUT2D eigenvalue weighted by Gasteiger charge is -2.10. The first kappa shape index (κ1) is 20.4. The van der Waals surface area contributed by atoms with Crippen LogP contribution in [0.1, 0.15) is 33.3 Å². The number of aliphatic imine (C=N–C) groups is 1. The topological polar surface area (TPSA) is 49.3 Å². The zero-order valence-corrected chi connectivity index (χ0v) is 17.9. The molecular weight excluding hydrogens is 439 g/mol. The molecule has 0 radical (unpaired) electrons. The minimum absolute atomic E-state index is 0. The third-order valence-corrected chi connectivity index (χ3v) is 5.25. The highest BCUT2D eigenvalue weighted by molar-refractivity contribution is 14.0. The lowest BCUT2D eigenvalue weighted by Crippen LogP contribution is -2.37. The third kappa shape index (κ3) is 7.63. The number of thiazole rings is 1. The Morgan fingerprint density at radius 1 is 1.22 bits per heavy atom. The second-order valence-electron chi connectivity index (χ2n) is 5.20. The Hall–Kier alpha value is -0.670. The summed E-state index contributed by atoms with van der Waals surface area (Å²) in [4.78, 5) is 11.4. The highest BCUT2D eigenvalue weighted by Crippen LogP contribution is 2.14. The summed E-state index contributed by atoms with van der Waals surface area (Å²) in [6, 6.07) is 4.31. The van der Waals surface area contributed by atoms with Crippen molar-refractivity contribution in [2.75, 3.05) is 13.6 Å². The summed E-state index contributed by atoms with van der Waals surface area (Å²) in [6.45, 7) is 5.95. The van der Waals surface area contributed by atoms with E-state index in [0.29, 0.717) is 0 Å². The molecule has 0 aliphatic rings. The number of rotatable bonds is 7. The van der Waals surface area contributed by atoms with Gasteiger partial charge in [-0.1, -0.05) is 0 Å². The standard InChI is InChI=1S/C16H24N4S2.HI/c1-12-11-21-15(20-12)6-4-5-9-18-16(17-3)19-10-14-8-7-13(2)22-14;/h7-8,11H,4-6,9-10H2,1-3H3,(H2,17,18,19);1H. The van der Waals surface area contributed by atoms with Crippen LogP contribution in [-0.4, -0.2) is 24.5 Å². The molecule has 0 amide bonds. The summed E-state index contributed by atoms with van der Waals surface area (Å²) in [7, 11) is 1.81. The van der Waals surface area contributed by atoms with E-state index in [1.54, 1.807) is 11.3 Å². The van der Waals surface area contributed by atoms with Crippen LogP contribution < -0.4 is 10.6 Å². The van der Waals surface area contributed by atoms with Crippen molar-refractivity contribution < 1.29 is 0 Å². The minimum Gasteiger partial charge on any atom is -0.356 e. The van der Waals surface area contributed by atoms with Gasteiger partial charge in [0.05, 0.1) is 11.6 Å². The van der Waals surface area contributed by atoms with Crippen LogP contribution in [-0.2, 0) is 13.0 Å². The summed E-state index contributed by atoms with van der Waals surface area (Å²) < 4.78 is 0. The number of halogens is 1. The third-order valence-electron chi connectivity index (χ3n) is 3.23. The van der Waals surface area contributed by atoms with Crippen LogP contribution in [0.15, 0.2) is 22.5 Å². The van der Waals surface area contributed by atoms with Crippen molar-refractivity contribution in [3.05, 3.63) is 38.0 Å². The first-order valence-electron chi connectivity index (χ1n) is 7.58. The van der Waals surface area contributed by atoms with Gasteiger partial charge in [0.25, 0.3) is 0 Å². The molecule has 23 heavy (non-hydrogen) atoms. The first-order valence-corrected chi connectivity index (χ1v) is 9.28. The van der Waals surface area contributed by atoms with Crippen LogP contribution >= 0.6 is 46.7 Å².